The summed E-state index contributed by atoms with van der Waals surface area (Å²) in [5.74, 6) is 1.73. The largest absolute Gasteiger partial charge is 0.395 e. The van der Waals surface area contributed by atoms with E-state index in [1.807, 2.05) is 14.1 Å². The minimum absolute atomic E-state index is 0.261. The number of hydrogen-bond acceptors (Lipinski definition) is 3. The highest BCUT2D eigenvalue weighted by Crippen LogP contribution is 2.24. The van der Waals surface area contributed by atoms with Crippen LogP contribution in [0.25, 0.3) is 0 Å². The van der Waals surface area contributed by atoms with Crippen LogP contribution < -0.4 is 0 Å². The predicted molar refractivity (Wildman–Crippen MR) is 68.6 cm³/mol. The van der Waals surface area contributed by atoms with Crippen LogP contribution in [0.5, 0.6) is 0 Å². The van der Waals surface area contributed by atoms with Gasteiger partial charge in [0.2, 0.25) is 0 Å². The van der Waals surface area contributed by atoms with E-state index in [0.29, 0.717) is 0 Å². The number of aliphatic hydroxyl groups excluding tert-OH is 1. The van der Waals surface area contributed by atoms with Crippen molar-refractivity contribution >= 4 is 0 Å². The zero-order valence-corrected chi connectivity index (χ0v) is 11.3. The summed E-state index contributed by atoms with van der Waals surface area (Å²) < 4.78 is 0. The molecule has 3 heteroatoms. The van der Waals surface area contributed by atoms with Crippen LogP contribution in [0.15, 0.2) is 0 Å². The van der Waals surface area contributed by atoms with Gasteiger partial charge in [-0.2, -0.15) is 0 Å². The van der Waals surface area contributed by atoms with E-state index >= 15 is 0 Å². The van der Waals surface area contributed by atoms with Crippen molar-refractivity contribution in [3.8, 4) is 0 Å². The molecule has 0 aliphatic carbocycles. The molecule has 16 heavy (non-hydrogen) atoms. The molecule has 1 unspecified atom stereocenters. The molecular formula is C13H28N2O. The molecule has 0 aromatic rings. The van der Waals surface area contributed by atoms with E-state index in [1.165, 1.54) is 25.9 Å². The Morgan fingerprint density at radius 2 is 1.81 bits per heavy atom. The van der Waals surface area contributed by atoms with E-state index in [1.54, 1.807) is 0 Å². The third-order valence-corrected chi connectivity index (χ3v) is 3.99. The summed E-state index contributed by atoms with van der Waals surface area (Å²) in [6, 6.07) is 0.288. The molecule has 96 valence electrons. The predicted octanol–water partition coefficient (Wildman–Crippen LogP) is 1.28. The molecule has 0 saturated carbocycles. The Morgan fingerprint density at radius 1 is 1.25 bits per heavy atom. The maximum atomic E-state index is 9.30. The van der Waals surface area contributed by atoms with Crippen molar-refractivity contribution in [3.05, 3.63) is 0 Å². The highest BCUT2D eigenvalue weighted by Gasteiger charge is 2.23. The molecule has 3 nitrogen and oxygen atoms in total. The van der Waals surface area contributed by atoms with Crippen molar-refractivity contribution in [1.82, 2.24) is 9.80 Å². The van der Waals surface area contributed by atoms with E-state index in [0.717, 1.165) is 18.4 Å². The van der Waals surface area contributed by atoms with Gasteiger partial charge in [-0.3, -0.25) is 0 Å². The Bertz CT molecular complexity index is 186. The molecule has 0 aromatic carbocycles. The first kappa shape index (κ1) is 13.9. The summed E-state index contributed by atoms with van der Waals surface area (Å²) >= 11 is 0. The summed E-state index contributed by atoms with van der Waals surface area (Å²) in [5, 5.41) is 9.30. The maximum Gasteiger partial charge on any atom is 0.0599 e. The molecule has 0 aromatic heterocycles. The van der Waals surface area contributed by atoms with Gasteiger partial charge in [0.05, 0.1) is 6.61 Å². The first-order valence-electron chi connectivity index (χ1n) is 6.54. The van der Waals surface area contributed by atoms with Gasteiger partial charge in [-0.25, -0.2) is 0 Å². The summed E-state index contributed by atoms with van der Waals surface area (Å²) in [6.07, 6.45) is 2.65. The zero-order valence-electron chi connectivity index (χ0n) is 11.3. The third kappa shape index (κ3) is 4.04. The fourth-order valence-corrected chi connectivity index (χ4v) is 2.48. The van der Waals surface area contributed by atoms with Gasteiger partial charge in [0.25, 0.3) is 0 Å². The first-order chi connectivity index (χ1) is 7.54. The number of likely N-dealkylation sites (tertiary alicyclic amines) is 1. The Morgan fingerprint density at radius 3 is 2.19 bits per heavy atom. The van der Waals surface area contributed by atoms with E-state index in [2.05, 4.69) is 23.6 Å². The number of likely N-dealkylation sites (N-methyl/N-ethyl adjacent to an activating group) is 1. The monoisotopic (exact) mass is 228 g/mol. The molecule has 1 aliphatic rings. The molecule has 0 spiro atoms. The average Bonchev–Trinajstić information content (AvgIpc) is 2.26. The number of aliphatic hydroxyl groups is 1. The molecule has 0 radical (unpaired) electrons. The van der Waals surface area contributed by atoms with Crippen LogP contribution >= 0.6 is 0 Å². The molecule has 1 fully saturated rings. The smallest absolute Gasteiger partial charge is 0.0599 e. The van der Waals surface area contributed by atoms with Crippen LogP contribution in [-0.4, -0.2) is 61.3 Å². The fourth-order valence-electron chi connectivity index (χ4n) is 2.48. The van der Waals surface area contributed by atoms with Crippen molar-refractivity contribution in [2.75, 3.05) is 40.3 Å². The molecule has 1 heterocycles. The second kappa shape index (κ2) is 6.58. The second-order valence-corrected chi connectivity index (χ2v) is 5.68. The van der Waals surface area contributed by atoms with E-state index in [9.17, 15) is 5.11 Å². The van der Waals surface area contributed by atoms with Gasteiger partial charge in [0.1, 0.15) is 0 Å². The molecular weight excluding hydrogens is 200 g/mol. The van der Waals surface area contributed by atoms with Crippen molar-refractivity contribution in [3.63, 3.8) is 0 Å². The number of nitrogens with zero attached hydrogens (tertiary/aromatic N) is 2. The number of piperidine rings is 1. The van der Waals surface area contributed by atoms with Crippen molar-refractivity contribution in [2.45, 2.75) is 32.7 Å². The minimum Gasteiger partial charge on any atom is -0.395 e. The lowest BCUT2D eigenvalue weighted by Gasteiger charge is -2.36. The zero-order chi connectivity index (χ0) is 12.1. The summed E-state index contributed by atoms with van der Waals surface area (Å²) in [5.41, 5.74) is 0. The van der Waals surface area contributed by atoms with Crippen LogP contribution in [0.2, 0.25) is 0 Å². The SMILES string of the molecule is CC(C)C1CCN(CC(CO)N(C)C)CC1. The lowest BCUT2D eigenvalue weighted by molar-refractivity contribution is 0.0921. The van der Waals surface area contributed by atoms with Crippen molar-refractivity contribution in [1.29, 1.82) is 0 Å². The van der Waals surface area contributed by atoms with Gasteiger partial charge in [-0.15, -0.1) is 0 Å². The topological polar surface area (TPSA) is 26.7 Å². The standard InChI is InChI=1S/C13H28N2O/c1-11(2)12-5-7-15(8-6-12)9-13(10-16)14(3)4/h11-13,16H,5-10H2,1-4H3. The number of hydrogen-bond donors (Lipinski definition) is 1. The summed E-state index contributed by atoms with van der Waals surface area (Å²) in [4.78, 5) is 4.62. The highest BCUT2D eigenvalue weighted by atomic mass is 16.3. The van der Waals surface area contributed by atoms with Crippen LogP contribution in [-0.2, 0) is 0 Å². The molecule has 0 amide bonds. The molecule has 1 aliphatic heterocycles. The normalized spacial score (nSPS) is 21.9. The van der Waals surface area contributed by atoms with Gasteiger partial charge in [-0.05, 0) is 51.9 Å². The Labute approximate surface area is 100 Å². The second-order valence-electron chi connectivity index (χ2n) is 5.68. The Balaban J connectivity index is 2.31. The minimum atomic E-state index is 0.261. The van der Waals surface area contributed by atoms with Crippen LogP contribution in [0.3, 0.4) is 0 Å². The van der Waals surface area contributed by atoms with E-state index in [-0.39, 0.29) is 12.6 Å². The first-order valence-corrected chi connectivity index (χ1v) is 6.54. The fraction of sp³-hybridized carbons (Fsp3) is 1.00. The van der Waals surface area contributed by atoms with Gasteiger partial charge in [0, 0.05) is 12.6 Å². The van der Waals surface area contributed by atoms with Crippen LogP contribution in [0.1, 0.15) is 26.7 Å². The van der Waals surface area contributed by atoms with E-state index in [4.69, 9.17) is 0 Å². The van der Waals surface area contributed by atoms with Gasteiger partial charge in [0.15, 0.2) is 0 Å². The van der Waals surface area contributed by atoms with Crippen LogP contribution in [0, 0.1) is 11.8 Å². The lowest BCUT2D eigenvalue weighted by atomic mass is 9.86. The molecule has 1 saturated heterocycles. The van der Waals surface area contributed by atoms with Gasteiger partial charge < -0.3 is 14.9 Å². The molecule has 1 atom stereocenters. The third-order valence-electron chi connectivity index (χ3n) is 3.99. The highest BCUT2D eigenvalue weighted by molar-refractivity contribution is 4.78. The van der Waals surface area contributed by atoms with E-state index < -0.39 is 0 Å². The summed E-state index contributed by atoms with van der Waals surface area (Å²) in [7, 11) is 4.09. The lowest BCUT2D eigenvalue weighted by Crippen LogP contribution is -2.45. The average molecular weight is 228 g/mol. The van der Waals surface area contributed by atoms with Crippen molar-refractivity contribution in [2.24, 2.45) is 11.8 Å². The van der Waals surface area contributed by atoms with Crippen LogP contribution in [0.4, 0.5) is 0 Å². The Kier molecular flexibility index (Phi) is 5.73. The number of rotatable bonds is 5. The molecule has 0 bridgehead atoms. The summed E-state index contributed by atoms with van der Waals surface area (Å²) in [6.45, 7) is 8.33. The van der Waals surface area contributed by atoms with Crippen molar-refractivity contribution < 1.29 is 5.11 Å². The van der Waals surface area contributed by atoms with Gasteiger partial charge in [-0.1, -0.05) is 13.8 Å². The molecule has 1 rings (SSSR count). The molecule has 1 N–H and O–H groups in total. The van der Waals surface area contributed by atoms with Gasteiger partial charge >= 0.3 is 0 Å². The quantitative estimate of drug-likeness (QED) is 0.768. The Hall–Kier alpha value is -0.120. The maximum absolute atomic E-state index is 9.30.